The van der Waals surface area contributed by atoms with Gasteiger partial charge in [-0.2, -0.15) is 0 Å². The fraction of sp³-hybridized carbons (Fsp3) is 0.438. The van der Waals surface area contributed by atoms with Crippen molar-refractivity contribution >= 4 is 16.9 Å². The molecule has 4 heteroatoms. The van der Waals surface area contributed by atoms with Gasteiger partial charge in [-0.25, -0.2) is 4.79 Å². The summed E-state index contributed by atoms with van der Waals surface area (Å²) in [7, 11) is 0. The Morgan fingerprint density at radius 1 is 1.45 bits per heavy atom. The van der Waals surface area contributed by atoms with Gasteiger partial charge in [0.25, 0.3) is 0 Å². The highest BCUT2D eigenvalue weighted by atomic mass is 16.4. The Bertz CT molecular complexity index is 641. The van der Waals surface area contributed by atoms with Crippen LogP contribution in [-0.4, -0.2) is 21.7 Å². The number of fused-ring (bicyclic) bond motifs is 1. The zero-order valence-corrected chi connectivity index (χ0v) is 11.7. The molecule has 106 valence electrons. The minimum Gasteiger partial charge on any atom is -0.478 e. The van der Waals surface area contributed by atoms with Crippen LogP contribution < -0.4 is 5.32 Å². The van der Waals surface area contributed by atoms with Crippen LogP contribution in [0.2, 0.25) is 0 Å². The van der Waals surface area contributed by atoms with E-state index in [0.717, 1.165) is 24.0 Å². The number of nitrogens with one attached hydrogen (secondary N) is 1. The van der Waals surface area contributed by atoms with Gasteiger partial charge in [-0.05, 0) is 38.0 Å². The molecule has 0 spiro atoms. The van der Waals surface area contributed by atoms with Crippen molar-refractivity contribution in [3.63, 3.8) is 0 Å². The molecule has 1 heterocycles. The molecule has 1 aliphatic rings. The molecule has 0 unspecified atom stereocenters. The molecule has 1 aliphatic carbocycles. The lowest BCUT2D eigenvalue weighted by atomic mass is 9.93. The average Bonchev–Trinajstić information content (AvgIpc) is 2.73. The van der Waals surface area contributed by atoms with Gasteiger partial charge in [0.05, 0.1) is 5.56 Å². The van der Waals surface area contributed by atoms with Crippen molar-refractivity contribution < 1.29 is 9.90 Å². The quantitative estimate of drug-likeness (QED) is 0.879. The van der Waals surface area contributed by atoms with Crippen molar-refractivity contribution in [1.29, 1.82) is 0 Å². The molecule has 0 radical (unpaired) electrons. The summed E-state index contributed by atoms with van der Waals surface area (Å²) in [6.45, 7) is 3.76. The van der Waals surface area contributed by atoms with Gasteiger partial charge in [0.15, 0.2) is 0 Å². The lowest BCUT2D eigenvalue weighted by Gasteiger charge is -2.26. The molecular formula is C16H20N2O2. The topological polar surface area (TPSA) is 54.3 Å². The Kier molecular flexibility index (Phi) is 3.49. The molecule has 3 rings (SSSR count). The molecule has 0 amide bonds. The maximum absolute atomic E-state index is 11.3. The SMILES string of the molecule is CCn1c(CNC2CCC2)cc2c(C(=O)O)cccc21. The number of rotatable bonds is 5. The average molecular weight is 272 g/mol. The summed E-state index contributed by atoms with van der Waals surface area (Å²) in [5.74, 6) is -0.859. The van der Waals surface area contributed by atoms with E-state index in [1.54, 1.807) is 6.07 Å². The van der Waals surface area contributed by atoms with Crippen LogP contribution in [0.15, 0.2) is 24.3 Å². The van der Waals surface area contributed by atoms with Gasteiger partial charge in [0, 0.05) is 35.7 Å². The van der Waals surface area contributed by atoms with Gasteiger partial charge in [-0.15, -0.1) is 0 Å². The third kappa shape index (κ3) is 2.20. The van der Waals surface area contributed by atoms with Crippen LogP contribution in [-0.2, 0) is 13.1 Å². The van der Waals surface area contributed by atoms with Crippen LogP contribution in [0.5, 0.6) is 0 Å². The van der Waals surface area contributed by atoms with E-state index < -0.39 is 5.97 Å². The van der Waals surface area contributed by atoms with E-state index in [4.69, 9.17) is 0 Å². The van der Waals surface area contributed by atoms with E-state index >= 15 is 0 Å². The molecule has 4 nitrogen and oxygen atoms in total. The molecule has 1 aromatic carbocycles. The minimum atomic E-state index is -0.859. The first kappa shape index (κ1) is 13.2. The number of aromatic nitrogens is 1. The minimum absolute atomic E-state index is 0.389. The molecular weight excluding hydrogens is 252 g/mol. The van der Waals surface area contributed by atoms with Crippen molar-refractivity contribution in [2.24, 2.45) is 0 Å². The zero-order chi connectivity index (χ0) is 14.1. The maximum Gasteiger partial charge on any atom is 0.336 e. The zero-order valence-electron chi connectivity index (χ0n) is 11.7. The smallest absolute Gasteiger partial charge is 0.336 e. The predicted octanol–water partition coefficient (Wildman–Crippen LogP) is 3.00. The lowest BCUT2D eigenvalue weighted by Crippen LogP contribution is -2.35. The summed E-state index contributed by atoms with van der Waals surface area (Å²) >= 11 is 0. The summed E-state index contributed by atoms with van der Waals surface area (Å²) in [5, 5.41) is 13.7. The van der Waals surface area contributed by atoms with Gasteiger partial charge in [0.1, 0.15) is 0 Å². The van der Waals surface area contributed by atoms with Crippen LogP contribution in [0.25, 0.3) is 10.9 Å². The summed E-state index contributed by atoms with van der Waals surface area (Å²) in [6, 6.07) is 8.15. The molecule has 0 saturated heterocycles. The van der Waals surface area contributed by atoms with Gasteiger partial charge < -0.3 is 15.0 Å². The first-order valence-corrected chi connectivity index (χ1v) is 7.28. The third-order valence-electron chi connectivity index (χ3n) is 4.26. The summed E-state index contributed by atoms with van der Waals surface area (Å²) in [6.07, 6.45) is 3.83. The van der Waals surface area contributed by atoms with Crippen LogP contribution in [0, 0.1) is 0 Å². The normalized spacial score (nSPS) is 15.4. The molecule has 1 aromatic heterocycles. The van der Waals surface area contributed by atoms with Gasteiger partial charge in [0.2, 0.25) is 0 Å². The van der Waals surface area contributed by atoms with Crippen molar-refractivity contribution in [3.05, 3.63) is 35.5 Å². The fourth-order valence-corrected chi connectivity index (χ4v) is 2.91. The fourth-order valence-electron chi connectivity index (χ4n) is 2.91. The number of hydrogen-bond donors (Lipinski definition) is 2. The second kappa shape index (κ2) is 5.29. The molecule has 0 aliphatic heterocycles. The molecule has 2 aromatic rings. The Hall–Kier alpha value is -1.81. The highest BCUT2D eigenvalue weighted by Crippen LogP contribution is 2.25. The van der Waals surface area contributed by atoms with Crippen LogP contribution >= 0.6 is 0 Å². The van der Waals surface area contributed by atoms with E-state index in [-0.39, 0.29) is 0 Å². The number of hydrogen-bond acceptors (Lipinski definition) is 2. The van der Waals surface area contributed by atoms with Gasteiger partial charge in [-0.1, -0.05) is 12.5 Å². The molecule has 1 fully saturated rings. The van der Waals surface area contributed by atoms with E-state index in [9.17, 15) is 9.90 Å². The molecule has 0 atom stereocenters. The number of aromatic carboxylic acids is 1. The Morgan fingerprint density at radius 3 is 2.85 bits per heavy atom. The van der Waals surface area contributed by atoms with Crippen molar-refractivity contribution in [3.8, 4) is 0 Å². The molecule has 1 saturated carbocycles. The molecule has 0 bridgehead atoms. The van der Waals surface area contributed by atoms with Crippen LogP contribution in [0.4, 0.5) is 0 Å². The summed E-state index contributed by atoms with van der Waals surface area (Å²) in [4.78, 5) is 11.3. The third-order valence-corrected chi connectivity index (χ3v) is 4.26. The van der Waals surface area contributed by atoms with Crippen molar-refractivity contribution in [2.45, 2.75) is 45.3 Å². The van der Waals surface area contributed by atoms with Crippen molar-refractivity contribution in [2.75, 3.05) is 0 Å². The molecule has 20 heavy (non-hydrogen) atoms. The maximum atomic E-state index is 11.3. The Morgan fingerprint density at radius 2 is 2.25 bits per heavy atom. The Labute approximate surface area is 118 Å². The second-order valence-electron chi connectivity index (χ2n) is 5.43. The van der Waals surface area contributed by atoms with Gasteiger partial charge in [-0.3, -0.25) is 0 Å². The number of carboxylic acids is 1. The van der Waals surface area contributed by atoms with E-state index in [2.05, 4.69) is 16.8 Å². The van der Waals surface area contributed by atoms with E-state index in [1.807, 2.05) is 18.2 Å². The summed E-state index contributed by atoms with van der Waals surface area (Å²) < 4.78 is 2.20. The van der Waals surface area contributed by atoms with Crippen LogP contribution in [0.3, 0.4) is 0 Å². The monoisotopic (exact) mass is 272 g/mol. The standard InChI is InChI=1S/C16H20N2O2/c1-2-18-12(10-17-11-5-3-6-11)9-14-13(16(19)20)7-4-8-15(14)18/h4,7-9,11,17H,2-3,5-6,10H2,1H3,(H,19,20). The number of benzene rings is 1. The number of aryl methyl sites for hydroxylation is 1. The van der Waals surface area contributed by atoms with Crippen LogP contribution in [0.1, 0.15) is 42.2 Å². The largest absolute Gasteiger partial charge is 0.478 e. The molecule has 2 N–H and O–H groups in total. The predicted molar refractivity (Wildman–Crippen MR) is 79.1 cm³/mol. The van der Waals surface area contributed by atoms with Gasteiger partial charge >= 0.3 is 5.97 Å². The highest BCUT2D eigenvalue weighted by molar-refractivity contribution is 6.03. The van der Waals surface area contributed by atoms with E-state index in [1.165, 1.54) is 25.0 Å². The Balaban J connectivity index is 1.98. The van der Waals surface area contributed by atoms with Crippen molar-refractivity contribution in [1.82, 2.24) is 9.88 Å². The second-order valence-corrected chi connectivity index (χ2v) is 5.43. The highest BCUT2D eigenvalue weighted by Gasteiger charge is 2.18. The first-order chi connectivity index (χ1) is 9.70. The van der Waals surface area contributed by atoms with E-state index in [0.29, 0.717) is 11.6 Å². The summed E-state index contributed by atoms with van der Waals surface area (Å²) in [5.41, 5.74) is 2.57. The number of carboxylic acid groups (broad SMARTS) is 1. The number of carbonyl (C=O) groups is 1. The number of nitrogens with zero attached hydrogens (tertiary/aromatic N) is 1. The first-order valence-electron chi connectivity index (χ1n) is 7.28. The lowest BCUT2D eigenvalue weighted by molar-refractivity contribution is 0.0699.